The number of carbonyl (C=O) groups is 2. The van der Waals surface area contributed by atoms with Crippen LogP contribution in [0.25, 0.3) is 0 Å². The molecule has 9 nitrogen and oxygen atoms in total. The van der Waals surface area contributed by atoms with Gasteiger partial charge in [-0.25, -0.2) is 0 Å². The largest absolute Gasteiger partial charge is 0.756 e. The van der Waals surface area contributed by atoms with Crippen LogP contribution in [0.15, 0.2) is 12.2 Å². The van der Waals surface area contributed by atoms with Crippen molar-refractivity contribution in [1.82, 2.24) is 0 Å². The molecule has 0 heterocycles. The van der Waals surface area contributed by atoms with E-state index in [0.29, 0.717) is 17.4 Å². The molecule has 0 saturated carbocycles. The number of hydrogen-bond acceptors (Lipinski definition) is 8. The first-order valence-corrected chi connectivity index (χ1v) is 21.9. The van der Waals surface area contributed by atoms with E-state index in [1.54, 1.807) is 0 Å². The predicted octanol–water partition coefficient (Wildman–Crippen LogP) is 10.4. The van der Waals surface area contributed by atoms with E-state index in [1.807, 2.05) is 21.1 Å². The van der Waals surface area contributed by atoms with Crippen LogP contribution in [0.1, 0.15) is 181 Å². The van der Waals surface area contributed by atoms with E-state index >= 15 is 0 Å². The molecule has 0 radical (unpaired) electrons. The number of carbonyl (C=O) groups excluding carboxylic acids is 2. The Labute approximate surface area is 307 Å². The normalized spacial score (nSPS) is 13.8. The third kappa shape index (κ3) is 36.5. The summed E-state index contributed by atoms with van der Waals surface area (Å²) in [5.74, 6) is -0.835. The maximum atomic E-state index is 12.6. The van der Waals surface area contributed by atoms with E-state index in [2.05, 4.69) is 26.0 Å². The van der Waals surface area contributed by atoms with Crippen LogP contribution in [-0.4, -0.2) is 70.0 Å². The molecule has 296 valence electrons. The molecule has 0 aliphatic heterocycles. The lowest BCUT2D eigenvalue weighted by atomic mass is 10.1. The minimum atomic E-state index is -4.61. The lowest BCUT2D eigenvalue weighted by Gasteiger charge is -2.28. The quantitative estimate of drug-likeness (QED) is 0.0204. The van der Waals surface area contributed by atoms with E-state index < -0.39 is 26.5 Å². The SMILES string of the molecule is CCCCCC/C=C/CCCCCCCCCC(=O)O[C@H](COC(=O)CCCCCCCCCCCCC)COP(=O)([O-])OCC[N+](C)(C)C. The lowest BCUT2D eigenvalue weighted by Crippen LogP contribution is -2.37. The van der Waals surface area contributed by atoms with Gasteiger partial charge in [-0.2, -0.15) is 0 Å². The molecule has 10 heteroatoms. The Morgan fingerprint density at radius 2 is 1.02 bits per heavy atom. The molecular weight excluding hydrogens is 653 g/mol. The molecule has 0 spiro atoms. The summed E-state index contributed by atoms with van der Waals surface area (Å²) in [5, 5.41) is 0. The molecule has 0 aliphatic carbocycles. The Bertz CT molecular complexity index is 876. The van der Waals surface area contributed by atoms with E-state index in [1.165, 1.54) is 103 Å². The third-order valence-corrected chi connectivity index (χ3v) is 9.75. The number of phosphoric ester groups is 1. The second-order valence-electron chi connectivity index (χ2n) is 15.0. The van der Waals surface area contributed by atoms with Crippen molar-refractivity contribution >= 4 is 19.8 Å². The molecule has 1 unspecified atom stereocenters. The summed E-state index contributed by atoms with van der Waals surface area (Å²) in [5.41, 5.74) is 0. The van der Waals surface area contributed by atoms with Crippen LogP contribution in [0.5, 0.6) is 0 Å². The first kappa shape index (κ1) is 48.8. The molecule has 50 heavy (non-hydrogen) atoms. The number of quaternary nitrogens is 1. The average Bonchev–Trinajstić information content (AvgIpc) is 3.06. The third-order valence-electron chi connectivity index (χ3n) is 8.79. The molecule has 0 aliphatic rings. The molecule has 0 bridgehead atoms. The van der Waals surface area contributed by atoms with Crippen LogP contribution in [0, 0.1) is 0 Å². The van der Waals surface area contributed by atoms with Gasteiger partial charge in [0, 0.05) is 12.8 Å². The van der Waals surface area contributed by atoms with Crippen LogP contribution in [0.2, 0.25) is 0 Å². The van der Waals surface area contributed by atoms with Gasteiger partial charge in [0.1, 0.15) is 19.8 Å². The van der Waals surface area contributed by atoms with E-state index in [9.17, 15) is 19.0 Å². The van der Waals surface area contributed by atoms with Crippen molar-refractivity contribution in [3.63, 3.8) is 0 Å². The fourth-order valence-electron chi connectivity index (χ4n) is 5.53. The molecule has 0 aromatic heterocycles. The van der Waals surface area contributed by atoms with Gasteiger partial charge < -0.3 is 27.9 Å². The van der Waals surface area contributed by atoms with Gasteiger partial charge in [0.2, 0.25) is 0 Å². The Hall–Kier alpha value is -1.25. The summed E-state index contributed by atoms with van der Waals surface area (Å²) < 4.78 is 33.8. The number of ether oxygens (including phenoxy) is 2. The fourth-order valence-corrected chi connectivity index (χ4v) is 6.26. The van der Waals surface area contributed by atoms with Gasteiger partial charge in [0.25, 0.3) is 7.82 Å². The summed E-state index contributed by atoms with van der Waals surface area (Å²) in [6.07, 6.45) is 32.3. The number of hydrogen-bond donors (Lipinski definition) is 0. The highest BCUT2D eigenvalue weighted by Gasteiger charge is 2.21. The molecule has 0 saturated heterocycles. The molecule has 0 fully saturated rings. The van der Waals surface area contributed by atoms with Gasteiger partial charge in [-0.3, -0.25) is 14.2 Å². The molecule has 0 amide bonds. The monoisotopic (exact) mass is 732 g/mol. The summed E-state index contributed by atoms with van der Waals surface area (Å²) in [4.78, 5) is 37.4. The molecule has 0 rings (SSSR count). The Morgan fingerprint density at radius 1 is 0.600 bits per heavy atom. The van der Waals surface area contributed by atoms with Crippen LogP contribution >= 0.6 is 7.82 Å². The number of likely N-dealkylation sites (N-methyl/N-ethyl adjacent to an activating group) is 1. The highest BCUT2D eigenvalue weighted by Crippen LogP contribution is 2.38. The lowest BCUT2D eigenvalue weighted by molar-refractivity contribution is -0.870. The van der Waals surface area contributed by atoms with Gasteiger partial charge in [-0.05, 0) is 38.5 Å². The zero-order valence-electron chi connectivity index (χ0n) is 33.1. The zero-order chi connectivity index (χ0) is 37.2. The fraction of sp³-hybridized carbons (Fsp3) is 0.900. The molecule has 0 N–H and O–H groups in total. The van der Waals surface area contributed by atoms with Crippen LogP contribution < -0.4 is 4.89 Å². The minimum Gasteiger partial charge on any atom is -0.756 e. The van der Waals surface area contributed by atoms with Crippen molar-refractivity contribution in [2.45, 2.75) is 187 Å². The molecular formula is C40H78NO8P. The van der Waals surface area contributed by atoms with Crippen molar-refractivity contribution in [3.05, 3.63) is 12.2 Å². The number of rotatable bonds is 37. The maximum Gasteiger partial charge on any atom is 0.306 e. The average molecular weight is 732 g/mol. The smallest absolute Gasteiger partial charge is 0.306 e. The maximum absolute atomic E-state index is 12.6. The summed E-state index contributed by atoms with van der Waals surface area (Å²) in [7, 11) is 1.17. The highest BCUT2D eigenvalue weighted by atomic mass is 31.2. The zero-order valence-corrected chi connectivity index (χ0v) is 34.0. The topological polar surface area (TPSA) is 111 Å². The Balaban J connectivity index is 4.39. The second-order valence-corrected chi connectivity index (χ2v) is 16.4. The standard InChI is InChI=1S/C40H78NO8P/c1-6-8-10-12-14-16-18-19-20-21-23-25-27-29-31-33-40(43)49-38(37-48-50(44,45)47-35-34-41(3,4)5)36-46-39(42)32-30-28-26-24-22-17-15-13-11-9-7-2/h16,18,38H,6-15,17,19-37H2,1-5H3/b18-16+/t38-/m1/s1. The molecule has 0 aromatic rings. The summed E-state index contributed by atoms with van der Waals surface area (Å²) in [6, 6.07) is 0. The number of nitrogens with zero attached hydrogens (tertiary/aromatic N) is 1. The number of unbranched alkanes of at least 4 members (excludes halogenated alkanes) is 21. The molecule has 0 aromatic carbocycles. The predicted molar refractivity (Wildman–Crippen MR) is 204 cm³/mol. The van der Waals surface area contributed by atoms with Crippen molar-refractivity contribution < 1.29 is 42.1 Å². The van der Waals surface area contributed by atoms with Crippen molar-refractivity contribution in [2.75, 3.05) is 47.5 Å². The van der Waals surface area contributed by atoms with Crippen LogP contribution in [0.4, 0.5) is 0 Å². The first-order chi connectivity index (χ1) is 24.0. The van der Waals surface area contributed by atoms with Gasteiger partial charge >= 0.3 is 11.9 Å². The van der Waals surface area contributed by atoms with Crippen LogP contribution in [0.3, 0.4) is 0 Å². The number of esters is 2. The summed E-state index contributed by atoms with van der Waals surface area (Å²) in [6.45, 7) is 4.20. The van der Waals surface area contributed by atoms with Gasteiger partial charge in [0.15, 0.2) is 6.10 Å². The van der Waals surface area contributed by atoms with Gasteiger partial charge in [-0.15, -0.1) is 0 Å². The van der Waals surface area contributed by atoms with Crippen molar-refractivity contribution in [2.24, 2.45) is 0 Å². The summed E-state index contributed by atoms with van der Waals surface area (Å²) >= 11 is 0. The van der Waals surface area contributed by atoms with Gasteiger partial charge in [0.05, 0.1) is 27.7 Å². The van der Waals surface area contributed by atoms with E-state index in [4.69, 9.17) is 18.5 Å². The number of phosphoric acid groups is 1. The van der Waals surface area contributed by atoms with E-state index in [0.717, 1.165) is 44.9 Å². The highest BCUT2D eigenvalue weighted by molar-refractivity contribution is 7.45. The van der Waals surface area contributed by atoms with Crippen molar-refractivity contribution in [3.8, 4) is 0 Å². The number of allylic oxidation sites excluding steroid dienone is 2. The Kier molecular flexibility index (Phi) is 32.7. The Morgan fingerprint density at radius 3 is 1.50 bits per heavy atom. The van der Waals surface area contributed by atoms with Crippen LogP contribution in [-0.2, 0) is 32.7 Å². The van der Waals surface area contributed by atoms with E-state index in [-0.39, 0.29) is 32.0 Å². The second kappa shape index (κ2) is 33.6. The van der Waals surface area contributed by atoms with Gasteiger partial charge in [-0.1, -0.05) is 142 Å². The first-order valence-electron chi connectivity index (χ1n) is 20.4. The van der Waals surface area contributed by atoms with Crippen molar-refractivity contribution in [1.29, 1.82) is 0 Å². The minimum absolute atomic E-state index is 0.0289. The molecule has 2 atom stereocenters.